The largest absolute Gasteiger partial charge is 0.492 e. The number of benzene rings is 3. The Morgan fingerprint density at radius 3 is 2.40 bits per heavy atom. The normalized spacial score (nSPS) is 26.1. The summed E-state index contributed by atoms with van der Waals surface area (Å²) in [5.74, 6) is 0.614. The van der Waals surface area contributed by atoms with Gasteiger partial charge in [-0.25, -0.2) is 0 Å². The Bertz CT molecular complexity index is 2460. The van der Waals surface area contributed by atoms with Gasteiger partial charge in [0.1, 0.15) is 17.3 Å². The van der Waals surface area contributed by atoms with Crippen molar-refractivity contribution in [1.82, 2.24) is 30.0 Å². The number of carbonyl (C=O) groups is 3. The van der Waals surface area contributed by atoms with E-state index in [-0.39, 0.29) is 23.7 Å². The highest BCUT2D eigenvalue weighted by molar-refractivity contribution is 6.05. The Kier molecular flexibility index (Phi) is 9.32. The van der Waals surface area contributed by atoms with E-state index in [9.17, 15) is 32.0 Å². The zero-order valence-corrected chi connectivity index (χ0v) is 34.9. The second-order valence-electron chi connectivity index (χ2n) is 19.4. The molecule has 7 heterocycles. The Labute approximate surface area is 357 Å². The van der Waals surface area contributed by atoms with Gasteiger partial charge < -0.3 is 19.4 Å². The number of imide groups is 1. The molecule has 3 aromatic carbocycles. The van der Waals surface area contributed by atoms with Crippen molar-refractivity contribution in [2.45, 2.75) is 101 Å². The van der Waals surface area contributed by atoms with Gasteiger partial charge in [0.25, 0.3) is 5.91 Å². The highest BCUT2D eigenvalue weighted by atomic mass is 19.4. The number of nitrogens with zero attached hydrogens (tertiary/aromatic N) is 6. The van der Waals surface area contributed by atoms with Gasteiger partial charge in [-0.1, -0.05) is 33.7 Å². The SMILES string of the molecule is C[C@@H]1Cc2c(ccc3c2cnn3F)C(c2ccc(N3CCC4(CC3)CC(CN3CCC5(CC3)COc3c5ccc5c3CN(C3CCC(=O)NC3=O)C5=O)C4)cc2)N1CC(F)(F)F. The molecule has 11 rings (SSSR count). The number of rotatable bonds is 6. The van der Waals surface area contributed by atoms with Crippen LogP contribution in [-0.2, 0) is 28.0 Å². The molecule has 1 N–H and O–H groups in total. The molecule has 2 unspecified atom stereocenters. The van der Waals surface area contributed by atoms with E-state index in [4.69, 9.17) is 4.74 Å². The molecule has 0 bridgehead atoms. The molecule has 0 radical (unpaired) electrons. The van der Waals surface area contributed by atoms with Crippen LogP contribution in [0.5, 0.6) is 5.75 Å². The van der Waals surface area contributed by atoms with Crippen LogP contribution in [0.3, 0.4) is 0 Å². The first-order valence-corrected chi connectivity index (χ1v) is 22.3. The lowest BCUT2D eigenvalue weighted by molar-refractivity contribution is -0.155. The van der Waals surface area contributed by atoms with E-state index in [1.54, 1.807) is 17.0 Å². The average Bonchev–Trinajstić information content (AvgIpc) is 3.91. The minimum atomic E-state index is -4.37. The maximum atomic E-state index is 14.3. The van der Waals surface area contributed by atoms with Crippen molar-refractivity contribution in [3.63, 3.8) is 0 Å². The third kappa shape index (κ3) is 6.58. The van der Waals surface area contributed by atoms with Crippen molar-refractivity contribution in [2.24, 2.45) is 11.3 Å². The number of carbonyl (C=O) groups excluding carboxylic acids is 3. The molecule has 15 heteroatoms. The minimum Gasteiger partial charge on any atom is -0.492 e. The Balaban J connectivity index is 0.694. The predicted octanol–water partition coefficient (Wildman–Crippen LogP) is 6.85. The van der Waals surface area contributed by atoms with E-state index in [0.717, 1.165) is 92.1 Å². The van der Waals surface area contributed by atoms with E-state index in [1.807, 2.05) is 25.1 Å². The standard InChI is InChI=1S/C47H51F4N7O4/c1-28-20-34-32(7-9-38-35(34)23-52-58(38)51)41(57(28)26-47(48,49)50)30-2-4-31(5-3-30)55-18-12-45(13-19-55)21-29(22-45)24-54-16-14-46(15-17-54)27-62-42-36-25-56(39-10-11-40(59)53-43(39)60)44(61)33(36)6-8-37(42)46/h2-9,23,28-29,39,41H,10-22,24-27H2,1H3,(H,53,59,60)/t28-,39?,41?/m1/s1. The zero-order chi connectivity index (χ0) is 42.7. The fourth-order valence-corrected chi connectivity index (χ4v) is 12.5. The minimum absolute atomic E-state index is 0.0757. The maximum absolute atomic E-state index is 14.3. The first-order valence-electron chi connectivity index (χ1n) is 22.3. The molecule has 4 fully saturated rings. The number of aromatic nitrogens is 2. The van der Waals surface area contributed by atoms with E-state index in [2.05, 4.69) is 38.4 Å². The summed E-state index contributed by atoms with van der Waals surface area (Å²) in [7, 11) is 0. The van der Waals surface area contributed by atoms with Crippen molar-refractivity contribution >= 4 is 34.3 Å². The molecule has 1 aromatic heterocycles. The number of hydrogen-bond donors (Lipinski definition) is 1. The third-order valence-corrected chi connectivity index (χ3v) is 15.8. The third-order valence-electron chi connectivity index (χ3n) is 15.8. The lowest BCUT2D eigenvalue weighted by Crippen LogP contribution is -2.52. The van der Waals surface area contributed by atoms with Crippen LogP contribution in [0.25, 0.3) is 10.9 Å². The molecule has 3 saturated heterocycles. The number of nitrogens with one attached hydrogen (secondary N) is 1. The first kappa shape index (κ1) is 39.8. The number of likely N-dealkylation sites (tertiary alicyclic amines) is 1. The number of piperidine rings is 3. The Morgan fingerprint density at radius 1 is 0.919 bits per heavy atom. The van der Waals surface area contributed by atoms with E-state index >= 15 is 0 Å². The van der Waals surface area contributed by atoms with Gasteiger partial charge in [-0.05, 0) is 124 Å². The van der Waals surface area contributed by atoms with Gasteiger partial charge in [0.2, 0.25) is 11.8 Å². The molecule has 3 amide bonds. The molecule has 6 aliphatic heterocycles. The molecule has 11 nitrogen and oxygen atoms in total. The zero-order valence-electron chi connectivity index (χ0n) is 34.9. The van der Waals surface area contributed by atoms with E-state index in [0.29, 0.717) is 58.7 Å². The predicted molar refractivity (Wildman–Crippen MR) is 222 cm³/mol. The summed E-state index contributed by atoms with van der Waals surface area (Å²) >= 11 is 0. The molecule has 4 aromatic rings. The molecule has 62 heavy (non-hydrogen) atoms. The van der Waals surface area contributed by atoms with Gasteiger partial charge in [-0.3, -0.25) is 24.6 Å². The molecule has 1 saturated carbocycles. The highest BCUT2D eigenvalue weighted by Crippen LogP contribution is 2.54. The Morgan fingerprint density at radius 2 is 1.68 bits per heavy atom. The molecule has 3 atom stereocenters. The van der Waals surface area contributed by atoms with Crippen LogP contribution in [0.1, 0.15) is 103 Å². The number of halogens is 4. The number of fused-ring (bicyclic) bond motifs is 7. The van der Waals surface area contributed by atoms with Crippen LogP contribution in [0.4, 0.5) is 23.3 Å². The summed E-state index contributed by atoms with van der Waals surface area (Å²) in [6.07, 6.45) is 4.77. The monoisotopic (exact) mass is 853 g/mol. The number of amides is 3. The molecule has 326 valence electrons. The summed E-state index contributed by atoms with van der Waals surface area (Å²) in [4.78, 5) is 46.2. The molecule has 2 spiro atoms. The van der Waals surface area contributed by atoms with Gasteiger partial charge >= 0.3 is 6.18 Å². The van der Waals surface area contributed by atoms with Gasteiger partial charge in [0.15, 0.2) is 0 Å². The van der Waals surface area contributed by atoms with Crippen LogP contribution in [0, 0.1) is 11.3 Å². The average molecular weight is 854 g/mol. The maximum Gasteiger partial charge on any atom is 0.401 e. The van der Waals surface area contributed by atoms with Crippen LogP contribution >= 0.6 is 0 Å². The summed E-state index contributed by atoms with van der Waals surface area (Å²) in [5, 5.41) is 6.81. The summed E-state index contributed by atoms with van der Waals surface area (Å²) in [5.41, 5.74) is 6.77. The Hall–Kier alpha value is -5.02. The van der Waals surface area contributed by atoms with Gasteiger partial charge in [-0.2, -0.15) is 13.2 Å². The molecular formula is C47H51F4N7O4. The van der Waals surface area contributed by atoms with Crippen molar-refractivity contribution < 1.29 is 36.8 Å². The second kappa shape index (κ2) is 14.5. The lowest BCUT2D eigenvalue weighted by atomic mass is 9.57. The van der Waals surface area contributed by atoms with Gasteiger partial charge in [0.05, 0.1) is 31.9 Å². The van der Waals surface area contributed by atoms with Crippen molar-refractivity contribution in [3.05, 3.63) is 88.1 Å². The van der Waals surface area contributed by atoms with Crippen LogP contribution < -0.4 is 15.0 Å². The fourth-order valence-electron chi connectivity index (χ4n) is 12.5. The second-order valence-corrected chi connectivity index (χ2v) is 19.4. The van der Waals surface area contributed by atoms with Crippen molar-refractivity contribution in [1.29, 1.82) is 0 Å². The number of anilines is 1. The first-order chi connectivity index (χ1) is 29.8. The van der Waals surface area contributed by atoms with Crippen LogP contribution in [0.15, 0.2) is 54.7 Å². The fraction of sp³-hybridized carbons (Fsp3) is 0.532. The number of alkyl halides is 3. The van der Waals surface area contributed by atoms with Crippen LogP contribution in [-0.4, -0.2) is 107 Å². The molecular weight excluding hydrogens is 803 g/mol. The van der Waals surface area contributed by atoms with Gasteiger partial charge in [0, 0.05) is 65.3 Å². The number of ether oxygens (including phenoxy) is 1. The van der Waals surface area contributed by atoms with Crippen LogP contribution in [0.2, 0.25) is 0 Å². The summed E-state index contributed by atoms with van der Waals surface area (Å²) in [6, 6.07) is 13.8. The smallest absolute Gasteiger partial charge is 0.401 e. The van der Waals surface area contributed by atoms with E-state index in [1.165, 1.54) is 29.5 Å². The van der Waals surface area contributed by atoms with Crippen molar-refractivity contribution in [3.8, 4) is 5.75 Å². The molecule has 1 aliphatic carbocycles. The lowest BCUT2D eigenvalue weighted by Gasteiger charge is -2.54. The number of hydrogen-bond acceptors (Lipinski definition) is 8. The van der Waals surface area contributed by atoms with Gasteiger partial charge in [-0.15, -0.1) is 5.10 Å². The summed E-state index contributed by atoms with van der Waals surface area (Å²) < 4.78 is 62.6. The van der Waals surface area contributed by atoms with E-state index < -0.39 is 36.8 Å². The quantitative estimate of drug-likeness (QED) is 0.166. The molecule has 7 aliphatic rings. The highest BCUT2D eigenvalue weighted by Gasteiger charge is 2.50. The van der Waals surface area contributed by atoms with Crippen molar-refractivity contribution in [2.75, 3.05) is 50.8 Å². The topological polar surface area (TPSA) is 103 Å². The summed E-state index contributed by atoms with van der Waals surface area (Å²) in [6.45, 7) is 6.72.